The molecule has 3 rings (SSSR count). The molecule has 21 heavy (non-hydrogen) atoms. The van der Waals surface area contributed by atoms with Gasteiger partial charge in [0.05, 0.1) is 0 Å². The Hall–Kier alpha value is -2.66. The maximum Gasteiger partial charge on any atom is 0.256 e. The van der Waals surface area contributed by atoms with Gasteiger partial charge < -0.3 is 4.74 Å². The van der Waals surface area contributed by atoms with Crippen LogP contribution in [0.1, 0.15) is 18.1 Å². The van der Waals surface area contributed by atoms with E-state index in [-0.39, 0.29) is 5.78 Å². The number of amides is 1. The Balaban J connectivity index is 2.42. The molecule has 0 aromatic heterocycles. The minimum Gasteiger partial charge on any atom is -0.457 e. The highest BCUT2D eigenvalue weighted by molar-refractivity contribution is 6.15. The predicted octanol–water partition coefficient (Wildman–Crippen LogP) is 1.66. The molecule has 0 bridgehead atoms. The number of Topliss-reactive ketones (excluding diaryl/α,β-unsaturated/α-hetero) is 1. The molecule has 1 amide bonds. The Morgan fingerprint density at radius 2 is 1.48 bits per heavy atom. The highest BCUT2D eigenvalue weighted by Crippen LogP contribution is 2.48. The Kier molecular flexibility index (Phi) is 2.99. The third-order valence-electron chi connectivity index (χ3n) is 3.80. The fourth-order valence-electron chi connectivity index (χ4n) is 2.89. The second-order valence-electron chi connectivity index (χ2n) is 4.87. The maximum absolute atomic E-state index is 12.5. The molecule has 5 heteroatoms. The fourth-order valence-corrected chi connectivity index (χ4v) is 2.89. The minimum absolute atomic E-state index is 0.311. The van der Waals surface area contributed by atoms with E-state index in [1.54, 1.807) is 48.5 Å². The fraction of sp³-hybridized carbons (Fsp3) is 0.125. The van der Waals surface area contributed by atoms with E-state index in [0.29, 0.717) is 22.6 Å². The summed E-state index contributed by atoms with van der Waals surface area (Å²) in [6.45, 7) is 1.38. The third-order valence-corrected chi connectivity index (χ3v) is 3.80. The van der Waals surface area contributed by atoms with E-state index in [9.17, 15) is 9.59 Å². The van der Waals surface area contributed by atoms with Crippen molar-refractivity contribution in [3.63, 3.8) is 0 Å². The van der Waals surface area contributed by atoms with E-state index < -0.39 is 11.3 Å². The lowest BCUT2D eigenvalue weighted by molar-refractivity contribution is -0.133. The van der Waals surface area contributed by atoms with E-state index in [1.807, 2.05) is 0 Å². The van der Waals surface area contributed by atoms with Gasteiger partial charge in [-0.05, 0) is 19.1 Å². The zero-order valence-electron chi connectivity index (χ0n) is 11.4. The third kappa shape index (κ3) is 1.68. The summed E-state index contributed by atoms with van der Waals surface area (Å²) in [7, 11) is 0. The van der Waals surface area contributed by atoms with Crippen molar-refractivity contribution in [1.82, 2.24) is 5.43 Å². The molecule has 2 aromatic carbocycles. The molecule has 106 valence electrons. The number of rotatable bonds is 2. The van der Waals surface area contributed by atoms with Crippen LogP contribution in [0.25, 0.3) is 0 Å². The number of ketones is 1. The van der Waals surface area contributed by atoms with E-state index in [4.69, 9.17) is 10.6 Å². The van der Waals surface area contributed by atoms with Crippen LogP contribution in [-0.4, -0.2) is 11.7 Å². The van der Waals surface area contributed by atoms with E-state index in [0.717, 1.165) is 0 Å². The summed E-state index contributed by atoms with van der Waals surface area (Å²) >= 11 is 0. The predicted molar refractivity (Wildman–Crippen MR) is 76.7 cm³/mol. The number of hydrogen-bond donors (Lipinski definition) is 2. The Labute approximate surface area is 121 Å². The number of para-hydroxylation sites is 2. The molecule has 1 heterocycles. The van der Waals surface area contributed by atoms with Crippen LogP contribution in [0.4, 0.5) is 0 Å². The van der Waals surface area contributed by atoms with Crippen molar-refractivity contribution in [3.8, 4) is 11.5 Å². The van der Waals surface area contributed by atoms with Gasteiger partial charge in [-0.2, -0.15) is 0 Å². The van der Waals surface area contributed by atoms with Crippen LogP contribution in [0.2, 0.25) is 0 Å². The molecule has 0 saturated heterocycles. The molecule has 0 unspecified atom stereocenters. The van der Waals surface area contributed by atoms with Crippen molar-refractivity contribution in [1.29, 1.82) is 0 Å². The molecular formula is C16H14N2O3. The summed E-state index contributed by atoms with van der Waals surface area (Å²) in [5, 5.41) is 0. The lowest BCUT2D eigenvalue weighted by Crippen LogP contribution is -2.53. The second-order valence-corrected chi connectivity index (χ2v) is 4.87. The minimum atomic E-state index is -1.49. The monoisotopic (exact) mass is 282 g/mol. The van der Waals surface area contributed by atoms with Crippen LogP contribution in [0.3, 0.4) is 0 Å². The number of fused-ring (bicyclic) bond motifs is 2. The van der Waals surface area contributed by atoms with Crippen molar-refractivity contribution in [2.75, 3.05) is 0 Å². The normalized spacial score (nSPS) is 14.4. The van der Waals surface area contributed by atoms with Crippen LogP contribution >= 0.6 is 0 Å². The standard InChI is InChI=1S/C16H14N2O3/c1-10(19)16(15(20)18-17)11-6-2-4-8-13(11)21-14-9-5-3-7-12(14)16/h2-9H,17H2,1H3,(H,18,20). The molecule has 0 saturated carbocycles. The topological polar surface area (TPSA) is 81.4 Å². The summed E-state index contributed by atoms with van der Waals surface area (Å²) in [5.74, 6) is 5.43. The number of ether oxygens (including phenoxy) is 1. The number of carbonyl (C=O) groups is 2. The number of nitrogens with two attached hydrogens (primary N) is 1. The quantitative estimate of drug-likeness (QED) is 0.380. The van der Waals surface area contributed by atoms with Crippen molar-refractivity contribution >= 4 is 11.7 Å². The molecule has 1 aliphatic rings. The summed E-state index contributed by atoms with van der Waals surface area (Å²) in [6.07, 6.45) is 0. The number of benzene rings is 2. The summed E-state index contributed by atoms with van der Waals surface area (Å²) in [5.41, 5.74) is 1.64. The molecule has 1 aliphatic heterocycles. The van der Waals surface area contributed by atoms with Gasteiger partial charge in [-0.15, -0.1) is 0 Å². The summed E-state index contributed by atoms with van der Waals surface area (Å²) in [6, 6.07) is 14.0. The molecule has 2 aromatic rings. The van der Waals surface area contributed by atoms with E-state index in [2.05, 4.69) is 5.43 Å². The van der Waals surface area contributed by atoms with Gasteiger partial charge >= 0.3 is 0 Å². The van der Waals surface area contributed by atoms with E-state index >= 15 is 0 Å². The zero-order valence-corrected chi connectivity index (χ0v) is 11.4. The maximum atomic E-state index is 12.5. The van der Waals surface area contributed by atoms with Gasteiger partial charge in [0.15, 0.2) is 11.2 Å². The first-order valence-electron chi connectivity index (χ1n) is 6.51. The van der Waals surface area contributed by atoms with Crippen LogP contribution in [0.15, 0.2) is 48.5 Å². The average molecular weight is 282 g/mol. The smallest absolute Gasteiger partial charge is 0.256 e. The number of nitrogens with one attached hydrogen (secondary N) is 1. The van der Waals surface area contributed by atoms with Crippen molar-refractivity contribution in [2.24, 2.45) is 5.84 Å². The Bertz CT molecular complexity index is 694. The zero-order chi connectivity index (χ0) is 15.0. The van der Waals surface area contributed by atoms with Crippen LogP contribution in [0, 0.1) is 0 Å². The molecule has 3 N–H and O–H groups in total. The highest BCUT2D eigenvalue weighted by atomic mass is 16.5. The van der Waals surface area contributed by atoms with E-state index in [1.165, 1.54) is 6.92 Å². The lowest BCUT2D eigenvalue weighted by Gasteiger charge is -2.36. The lowest BCUT2D eigenvalue weighted by atomic mass is 9.69. The molecule has 0 aliphatic carbocycles. The van der Waals surface area contributed by atoms with Crippen molar-refractivity contribution in [3.05, 3.63) is 59.7 Å². The Morgan fingerprint density at radius 3 is 1.90 bits per heavy atom. The first-order valence-corrected chi connectivity index (χ1v) is 6.51. The number of carbonyl (C=O) groups excluding carboxylic acids is 2. The van der Waals surface area contributed by atoms with Gasteiger partial charge in [-0.1, -0.05) is 36.4 Å². The molecule has 0 atom stereocenters. The first kappa shape index (κ1) is 13.3. The van der Waals surface area contributed by atoms with Gasteiger partial charge in [0.2, 0.25) is 0 Å². The van der Waals surface area contributed by atoms with Crippen molar-refractivity contribution in [2.45, 2.75) is 12.3 Å². The van der Waals surface area contributed by atoms with Gasteiger partial charge in [-0.25, -0.2) is 5.84 Å². The summed E-state index contributed by atoms with van der Waals surface area (Å²) in [4.78, 5) is 25.0. The first-order chi connectivity index (χ1) is 10.1. The molecular weight excluding hydrogens is 268 g/mol. The van der Waals surface area contributed by atoms with Crippen LogP contribution in [0.5, 0.6) is 11.5 Å². The largest absolute Gasteiger partial charge is 0.457 e. The SMILES string of the molecule is CC(=O)C1(C(=O)NN)c2ccccc2Oc2ccccc21. The van der Waals surface area contributed by atoms with Gasteiger partial charge in [0, 0.05) is 11.1 Å². The molecule has 0 radical (unpaired) electrons. The van der Waals surface area contributed by atoms with Gasteiger partial charge in [0.25, 0.3) is 5.91 Å². The summed E-state index contributed by atoms with van der Waals surface area (Å²) < 4.78 is 5.80. The van der Waals surface area contributed by atoms with Gasteiger partial charge in [0.1, 0.15) is 11.5 Å². The van der Waals surface area contributed by atoms with Crippen molar-refractivity contribution < 1.29 is 14.3 Å². The number of hydrazine groups is 1. The second kappa shape index (κ2) is 4.71. The molecule has 0 spiro atoms. The molecule has 0 fully saturated rings. The average Bonchev–Trinajstić information content (AvgIpc) is 2.51. The number of hydrogen-bond acceptors (Lipinski definition) is 4. The highest BCUT2D eigenvalue weighted by Gasteiger charge is 2.52. The van der Waals surface area contributed by atoms with Gasteiger partial charge in [-0.3, -0.25) is 15.0 Å². The van der Waals surface area contributed by atoms with Crippen LogP contribution < -0.4 is 16.0 Å². The molecule has 5 nitrogen and oxygen atoms in total. The van der Waals surface area contributed by atoms with Crippen LogP contribution in [-0.2, 0) is 15.0 Å². The Morgan fingerprint density at radius 1 is 1.00 bits per heavy atom.